The molecule has 0 N–H and O–H groups in total. The normalized spacial score (nSPS) is 10.9. The maximum Gasteiger partial charge on any atom is 0.182 e. The van der Waals surface area contributed by atoms with E-state index in [1.165, 1.54) is 5.56 Å². The largest absolute Gasteiger partial charge is 0.221 e. The third kappa shape index (κ3) is 1.96. The lowest BCUT2D eigenvalue weighted by molar-refractivity contribution is 0.962. The zero-order valence-electron chi connectivity index (χ0n) is 9.26. The summed E-state index contributed by atoms with van der Waals surface area (Å²) < 4.78 is 2.83. The number of fused-ring (bicyclic) bond motifs is 1. The van der Waals surface area contributed by atoms with Crippen molar-refractivity contribution in [2.75, 3.05) is 0 Å². The molecule has 0 atom stereocenters. The maximum atomic E-state index is 4.52. The van der Waals surface area contributed by atoms with Crippen molar-refractivity contribution in [3.05, 3.63) is 52.6 Å². The first-order chi connectivity index (χ1) is 8.22. The number of nitrogens with zero attached hydrogens (tertiary/aromatic N) is 3. The van der Waals surface area contributed by atoms with Gasteiger partial charge in [0.2, 0.25) is 0 Å². The minimum absolute atomic E-state index is 0.747. The fraction of sp³-hybridized carbons (Fsp3) is 0.0769. The van der Waals surface area contributed by atoms with Crippen LogP contribution >= 0.6 is 15.9 Å². The van der Waals surface area contributed by atoms with Gasteiger partial charge in [0.05, 0.1) is 0 Å². The van der Waals surface area contributed by atoms with Crippen molar-refractivity contribution in [1.29, 1.82) is 0 Å². The highest BCUT2D eigenvalue weighted by Crippen LogP contribution is 2.20. The Labute approximate surface area is 107 Å². The lowest BCUT2D eigenvalue weighted by Gasteiger charge is -1.94. The number of halogens is 1. The Balaban J connectivity index is 2.18. The summed E-state index contributed by atoms with van der Waals surface area (Å²) in [4.78, 5) is 4.52. The van der Waals surface area contributed by atoms with Crippen molar-refractivity contribution in [2.24, 2.45) is 0 Å². The molecule has 2 aromatic heterocycles. The molecule has 3 rings (SSSR count). The van der Waals surface area contributed by atoms with Gasteiger partial charge in [-0.2, -0.15) is 0 Å². The summed E-state index contributed by atoms with van der Waals surface area (Å²) in [5.41, 5.74) is 3.08. The van der Waals surface area contributed by atoms with Crippen LogP contribution in [0.5, 0.6) is 0 Å². The predicted molar refractivity (Wildman–Crippen MR) is 70.9 cm³/mol. The highest BCUT2D eigenvalue weighted by molar-refractivity contribution is 9.10. The number of aryl methyl sites for hydroxylation is 1. The molecule has 3 aromatic rings. The van der Waals surface area contributed by atoms with Gasteiger partial charge in [-0.3, -0.25) is 0 Å². The monoisotopic (exact) mass is 287 g/mol. The SMILES string of the molecule is Cc1ccn2nc(-c3cccc(Br)c3)nc2c1. The zero-order valence-corrected chi connectivity index (χ0v) is 10.8. The molecule has 2 heterocycles. The molecule has 0 bridgehead atoms. The molecule has 0 aliphatic carbocycles. The third-order valence-corrected chi connectivity index (χ3v) is 3.07. The average molecular weight is 288 g/mol. The number of hydrogen-bond acceptors (Lipinski definition) is 2. The molecule has 0 saturated heterocycles. The van der Waals surface area contributed by atoms with E-state index >= 15 is 0 Å². The number of hydrogen-bond donors (Lipinski definition) is 0. The average Bonchev–Trinajstić information content (AvgIpc) is 2.72. The van der Waals surface area contributed by atoms with Crippen LogP contribution in [0.2, 0.25) is 0 Å². The molecule has 17 heavy (non-hydrogen) atoms. The Hall–Kier alpha value is -1.68. The summed E-state index contributed by atoms with van der Waals surface area (Å²) in [5.74, 6) is 0.747. The summed E-state index contributed by atoms with van der Waals surface area (Å²) in [7, 11) is 0. The molecule has 0 fully saturated rings. The second-order valence-electron chi connectivity index (χ2n) is 3.95. The Morgan fingerprint density at radius 1 is 1.18 bits per heavy atom. The molecule has 0 radical (unpaired) electrons. The lowest BCUT2D eigenvalue weighted by atomic mass is 10.2. The number of aromatic nitrogens is 3. The summed E-state index contributed by atoms with van der Waals surface area (Å²) in [6.07, 6.45) is 1.93. The highest BCUT2D eigenvalue weighted by Gasteiger charge is 2.06. The summed E-state index contributed by atoms with van der Waals surface area (Å²) in [6.45, 7) is 2.05. The Kier molecular flexibility index (Phi) is 2.44. The second kappa shape index (κ2) is 3.96. The van der Waals surface area contributed by atoms with Crippen LogP contribution in [0.15, 0.2) is 47.1 Å². The fourth-order valence-corrected chi connectivity index (χ4v) is 2.13. The first kappa shape index (κ1) is 10.5. The first-order valence-corrected chi connectivity index (χ1v) is 6.11. The highest BCUT2D eigenvalue weighted by atomic mass is 79.9. The topological polar surface area (TPSA) is 30.2 Å². The van der Waals surface area contributed by atoms with Gasteiger partial charge in [0.1, 0.15) is 0 Å². The number of rotatable bonds is 1. The van der Waals surface area contributed by atoms with Crippen LogP contribution < -0.4 is 0 Å². The van der Waals surface area contributed by atoms with Crippen LogP contribution in [-0.4, -0.2) is 14.6 Å². The van der Waals surface area contributed by atoms with Gasteiger partial charge in [0.15, 0.2) is 11.5 Å². The van der Waals surface area contributed by atoms with Gasteiger partial charge < -0.3 is 0 Å². The van der Waals surface area contributed by atoms with Crippen LogP contribution in [0, 0.1) is 6.92 Å². The molecule has 0 spiro atoms. The van der Waals surface area contributed by atoms with E-state index in [9.17, 15) is 0 Å². The molecular weight excluding hydrogens is 278 g/mol. The van der Waals surface area contributed by atoms with Gasteiger partial charge in [0.25, 0.3) is 0 Å². The van der Waals surface area contributed by atoms with Gasteiger partial charge in [-0.05, 0) is 36.8 Å². The van der Waals surface area contributed by atoms with E-state index < -0.39 is 0 Å². The molecule has 0 saturated carbocycles. The zero-order chi connectivity index (χ0) is 11.8. The molecule has 1 aromatic carbocycles. The Morgan fingerprint density at radius 2 is 2.06 bits per heavy atom. The molecule has 84 valence electrons. The van der Waals surface area contributed by atoms with E-state index in [0.29, 0.717) is 0 Å². The molecule has 3 nitrogen and oxygen atoms in total. The van der Waals surface area contributed by atoms with E-state index in [4.69, 9.17) is 0 Å². The predicted octanol–water partition coefficient (Wildman–Crippen LogP) is 3.47. The van der Waals surface area contributed by atoms with Gasteiger partial charge in [-0.1, -0.05) is 28.1 Å². The quantitative estimate of drug-likeness (QED) is 0.686. The molecule has 0 amide bonds. The molecule has 0 aliphatic rings. The molecular formula is C13H10BrN3. The third-order valence-electron chi connectivity index (χ3n) is 2.58. The smallest absolute Gasteiger partial charge is 0.182 e. The van der Waals surface area contributed by atoms with Gasteiger partial charge in [-0.15, -0.1) is 5.10 Å². The summed E-state index contributed by atoms with van der Waals surface area (Å²) in [6, 6.07) is 12.0. The first-order valence-electron chi connectivity index (χ1n) is 5.31. The number of benzene rings is 1. The van der Waals surface area contributed by atoms with E-state index in [-0.39, 0.29) is 0 Å². The van der Waals surface area contributed by atoms with Gasteiger partial charge in [0, 0.05) is 16.2 Å². The molecule has 0 aliphatic heterocycles. The van der Waals surface area contributed by atoms with Crippen molar-refractivity contribution in [1.82, 2.24) is 14.6 Å². The second-order valence-corrected chi connectivity index (χ2v) is 4.87. The van der Waals surface area contributed by atoms with Gasteiger partial charge >= 0.3 is 0 Å². The summed E-state index contributed by atoms with van der Waals surface area (Å²) in [5, 5.41) is 4.45. The summed E-state index contributed by atoms with van der Waals surface area (Å²) >= 11 is 3.45. The fourth-order valence-electron chi connectivity index (χ4n) is 1.73. The van der Waals surface area contributed by atoms with Crippen molar-refractivity contribution in [3.8, 4) is 11.4 Å². The molecule has 4 heteroatoms. The van der Waals surface area contributed by atoms with E-state index in [1.807, 2.05) is 49.5 Å². The molecule has 0 unspecified atom stereocenters. The standard InChI is InChI=1S/C13H10BrN3/c1-9-5-6-17-12(7-9)15-13(16-17)10-3-2-4-11(14)8-10/h2-8H,1H3. The van der Waals surface area contributed by atoms with Crippen LogP contribution in [0.4, 0.5) is 0 Å². The maximum absolute atomic E-state index is 4.52. The lowest BCUT2D eigenvalue weighted by Crippen LogP contribution is -1.86. The van der Waals surface area contributed by atoms with Crippen LogP contribution in [0.3, 0.4) is 0 Å². The minimum Gasteiger partial charge on any atom is -0.221 e. The van der Waals surface area contributed by atoms with Crippen LogP contribution in [0.25, 0.3) is 17.0 Å². The van der Waals surface area contributed by atoms with Crippen molar-refractivity contribution < 1.29 is 0 Å². The van der Waals surface area contributed by atoms with Crippen LogP contribution in [-0.2, 0) is 0 Å². The Morgan fingerprint density at radius 3 is 2.88 bits per heavy atom. The van der Waals surface area contributed by atoms with E-state index in [2.05, 4.69) is 26.0 Å². The van der Waals surface area contributed by atoms with Gasteiger partial charge in [-0.25, -0.2) is 9.50 Å². The Bertz CT molecular complexity index is 688. The van der Waals surface area contributed by atoms with Crippen LogP contribution in [0.1, 0.15) is 5.56 Å². The van der Waals surface area contributed by atoms with E-state index in [0.717, 1.165) is 21.5 Å². The minimum atomic E-state index is 0.747. The van der Waals surface area contributed by atoms with Crippen molar-refractivity contribution in [3.63, 3.8) is 0 Å². The van der Waals surface area contributed by atoms with Crippen molar-refractivity contribution in [2.45, 2.75) is 6.92 Å². The van der Waals surface area contributed by atoms with E-state index in [1.54, 1.807) is 4.52 Å². The number of pyridine rings is 1. The van der Waals surface area contributed by atoms with Crippen molar-refractivity contribution >= 4 is 21.6 Å².